The third-order valence-electron chi connectivity index (χ3n) is 4.99. The molecule has 1 fully saturated rings. The normalized spacial score (nSPS) is 18.6. The van der Waals surface area contributed by atoms with E-state index < -0.39 is 10.8 Å². The molecule has 27 heavy (non-hydrogen) atoms. The molecule has 1 aliphatic rings. The number of carbonyl (C=O) groups is 1. The van der Waals surface area contributed by atoms with Crippen LogP contribution in [0.25, 0.3) is 10.2 Å². The molecule has 2 heterocycles. The van der Waals surface area contributed by atoms with Gasteiger partial charge in [0.15, 0.2) is 0 Å². The molecule has 0 unspecified atom stereocenters. The molecule has 1 saturated heterocycles. The van der Waals surface area contributed by atoms with E-state index in [0.717, 1.165) is 29.9 Å². The number of nitrogens with zero attached hydrogens (tertiary/aromatic N) is 2. The summed E-state index contributed by atoms with van der Waals surface area (Å²) in [7, 11) is -1.14. The molecule has 1 aliphatic heterocycles. The Bertz CT molecular complexity index is 966. The van der Waals surface area contributed by atoms with E-state index in [1.165, 1.54) is 4.70 Å². The number of likely N-dealkylation sites (tertiary alicyclic amines) is 1. The van der Waals surface area contributed by atoms with Crippen molar-refractivity contribution in [2.24, 2.45) is 0 Å². The van der Waals surface area contributed by atoms with Gasteiger partial charge < -0.3 is 4.90 Å². The van der Waals surface area contributed by atoms with Crippen LogP contribution in [0.4, 0.5) is 0 Å². The number of aromatic nitrogens is 1. The smallest absolute Gasteiger partial charge is 0.255 e. The molecule has 1 amide bonds. The first-order valence-corrected chi connectivity index (χ1v) is 11.4. The van der Waals surface area contributed by atoms with Gasteiger partial charge in [-0.2, -0.15) is 0 Å². The standard InChI is InChI=1S/C21H22N2O2S2/c1-2-27(25)19-12-6-3-9-16(19)21(24)23-13-7-8-15(14-23)20-22-17-10-4-5-11-18(17)26-20/h3-6,9-12,15H,2,7-8,13-14H2,1H3/t15-,27-/m0/s1. The lowest BCUT2D eigenvalue weighted by Crippen LogP contribution is -2.39. The highest BCUT2D eigenvalue weighted by Gasteiger charge is 2.29. The quantitative estimate of drug-likeness (QED) is 0.653. The molecule has 1 aromatic heterocycles. The lowest BCUT2D eigenvalue weighted by molar-refractivity contribution is 0.0703. The number of benzene rings is 2. The summed E-state index contributed by atoms with van der Waals surface area (Å²) in [5, 5.41) is 1.11. The summed E-state index contributed by atoms with van der Waals surface area (Å²) in [6.07, 6.45) is 2.01. The van der Waals surface area contributed by atoms with Gasteiger partial charge in [-0.25, -0.2) is 4.98 Å². The number of thiazole rings is 1. The van der Waals surface area contributed by atoms with E-state index in [9.17, 15) is 9.00 Å². The Morgan fingerprint density at radius 3 is 2.81 bits per heavy atom. The summed E-state index contributed by atoms with van der Waals surface area (Å²) >= 11 is 1.73. The Morgan fingerprint density at radius 1 is 1.22 bits per heavy atom. The first-order valence-electron chi connectivity index (χ1n) is 9.29. The van der Waals surface area contributed by atoms with Gasteiger partial charge in [0.1, 0.15) is 0 Å². The number of hydrogen-bond acceptors (Lipinski definition) is 4. The van der Waals surface area contributed by atoms with E-state index in [0.29, 0.717) is 22.8 Å². The highest BCUT2D eigenvalue weighted by Crippen LogP contribution is 2.33. The van der Waals surface area contributed by atoms with Crippen LogP contribution in [-0.4, -0.2) is 38.8 Å². The summed E-state index contributed by atoms with van der Waals surface area (Å²) in [4.78, 5) is 20.5. The van der Waals surface area contributed by atoms with Crippen molar-refractivity contribution in [2.45, 2.75) is 30.6 Å². The van der Waals surface area contributed by atoms with Crippen LogP contribution in [0.5, 0.6) is 0 Å². The number of amides is 1. The maximum absolute atomic E-state index is 13.2. The zero-order valence-corrected chi connectivity index (χ0v) is 16.9. The fourth-order valence-electron chi connectivity index (χ4n) is 3.60. The van der Waals surface area contributed by atoms with Gasteiger partial charge in [-0.05, 0) is 37.1 Å². The second-order valence-electron chi connectivity index (χ2n) is 6.74. The van der Waals surface area contributed by atoms with E-state index in [1.54, 1.807) is 17.4 Å². The zero-order chi connectivity index (χ0) is 18.8. The van der Waals surface area contributed by atoms with Gasteiger partial charge in [0, 0.05) is 24.8 Å². The minimum absolute atomic E-state index is 0.0155. The highest BCUT2D eigenvalue weighted by atomic mass is 32.2. The molecule has 3 aromatic rings. The van der Waals surface area contributed by atoms with Gasteiger partial charge in [0.05, 0.1) is 36.5 Å². The lowest BCUT2D eigenvalue weighted by atomic mass is 9.98. The second-order valence-corrected chi connectivity index (χ2v) is 9.51. The lowest BCUT2D eigenvalue weighted by Gasteiger charge is -2.32. The highest BCUT2D eigenvalue weighted by molar-refractivity contribution is 7.85. The first-order chi connectivity index (χ1) is 13.2. The zero-order valence-electron chi connectivity index (χ0n) is 15.3. The molecule has 0 spiro atoms. The molecule has 6 heteroatoms. The summed E-state index contributed by atoms with van der Waals surface area (Å²) in [5.41, 5.74) is 1.60. The van der Waals surface area contributed by atoms with Gasteiger partial charge in [-0.15, -0.1) is 11.3 Å². The third kappa shape index (κ3) is 3.69. The van der Waals surface area contributed by atoms with Crippen molar-refractivity contribution in [3.63, 3.8) is 0 Å². The minimum Gasteiger partial charge on any atom is -0.338 e. The largest absolute Gasteiger partial charge is 0.338 e. The topological polar surface area (TPSA) is 50.3 Å². The molecule has 2 atom stereocenters. The molecule has 2 aromatic carbocycles. The van der Waals surface area contributed by atoms with E-state index in [-0.39, 0.29) is 11.8 Å². The Kier molecular flexibility index (Phi) is 5.36. The van der Waals surface area contributed by atoms with Crippen LogP contribution in [0, 0.1) is 0 Å². The molecule has 0 radical (unpaired) electrons. The van der Waals surface area contributed by atoms with E-state index in [4.69, 9.17) is 4.98 Å². The molecular weight excluding hydrogens is 376 g/mol. The maximum atomic E-state index is 13.2. The van der Waals surface area contributed by atoms with E-state index in [2.05, 4.69) is 6.07 Å². The number of para-hydroxylation sites is 1. The van der Waals surface area contributed by atoms with Crippen LogP contribution in [0.2, 0.25) is 0 Å². The molecule has 140 valence electrons. The predicted molar refractivity (Wildman–Crippen MR) is 111 cm³/mol. The van der Waals surface area contributed by atoms with Crippen molar-refractivity contribution < 1.29 is 9.00 Å². The summed E-state index contributed by atoms with van der Waals surface area (Å²) < 4.78 is 13.5. The Hall–Kier alpha value is -2.05. The maximum Gasteiger partial charge on any atom is 0.255 e. The monoisotopic (exact) mass is 398 g/mol. The van der Waals surface area contributed by atoms with Gasteiger partial charge in [0.25, 0.3) is 5.91 Å². The van der Waals surface area contributed by atoms with Crippen molar-refractivity contribution in [2.75, 3.05) is 18.8 Å². The van der Waals surface area contributed by atoms with Gasteiger partial charge >= 0.3 is 0 Å². The summed E-state index contributed by atoms with van der Waals surface area (Å²) in [5.74, 6) is 0.765. The SMILES string of the molecule is CC[S@](=O)c1ccccc1C(=O)N1CCC[C@H](c2nc3ccccc3s2)C1. The summed E-state index contributed by atoms with van der Waals surface area (Å²) in [6.45, 7) is 3.29. The van der Waals surface area contributed by atoms with Crippen molar-refractivity contribution >= 4 is 38.3 Å². The molecule has 0 saturated carbocycles. The molecule has 4 rings (SSSR count). The second kappa shape index (κ2) is 7.90. The van der Waals surface area contributed by atoms with Crippen molar-refractivity contribution in [1.29, 1.82) is 0 Å². The Balaban J connectivity index is 1.58. The van der Waals surface area contributed by atoms with Crippen LogP contribution in [0.15, 0.2) is 53.4 Å². The van der Waals surface area contributed by atoms with Crippen LogP contribution >= 0.6 is 11.3 Å². The average molecular weight is 399 g/mol. The molecule has 0 aliphatic carbocycles. The molecule has 0 bridgehead atoms. The van der Waals surface area contributed by atoms with Gasteiger partial charge in [-0.1, -0.05) is 31.2 Å². The van der Waals surface area contributed by atoms with Crippen LogP contribution in [0.3, 0.4) is 0 Å². The van der Waals surface area contributed by atoms with Gasteiger partial charge in [-0.3, -0.25) is 9.00 Å². The number of piperidine rings is 1. The van der Waals surface area contributed by atoms with Crippen LogP contribution in [0.1, 0.15) is 41.0 Å². The Labute approximate surface area is 165 Å². The fraction of sp³-hybridized carbons (Fsp3) is 0.333. The number of fused-ring (bicyclic) bond motifs is 1. The van der Waals surface area contributed by atoms with Gasteiger partial charge in [0.2, 0.25) is 0 Å². The first kappa shape index (κ1) is 18.3. The summed E-state index contributed by atoms with van der Waals surface area (Å²) in [6, 6.07) is 15.5. The fourth-order valence-corrected chi connectivity index (χ4v) is 5.63. The van der Waals surface area contributed by atoms with Crippen LogP contribution in [-0.2, 0) is 10.8 Å². The molecular formula is C21H22N2O2S2. The molecule has 4 nitrogen and oxygen atoms in total. The van der Waals surface area contributed by atoms with Crippen molar-refractivity contribution in [3.05, 3.63) is 59.1 Å². The van der Waals surface area contributed by atoms with E-state index in [1.807, 2.05) is 48.2 Å². The van der Waals surface area contributed by atoms with Crippen LogP contribution < -0.4 is 0 Å². The minimum atomic E-state index is -1.14. The third-order valence-corrected chi connectivity index (χ3v) is 7.56. The number of rotatable bonds is 4. The van der Waals surface area contributed by atoms with Crippen molar-refractivity contribution in [3.8, 4) is 0 Å². The van der Waals surface area contributed by atoms with Crippen molar-refractivity contribution in [1.82, 2.24) is 9.88 Å². The molecule has 0 N–H and O–H groups in total. The average Bonchev–Trinajstić information content (AvgIpc) is 3.17. The predicted octanol–water partition coefficient (Wildman–Crippen LogP) is 4.44. The van der Waals surface area contributed by atoms with E-state index >= 15 is 0 Å². The Morgan fingerprint density at radius 2 is 2.00 bits per heavy atom. The number of hydrogen-bond donors (Lipinski definition) is 0. The number of carbonyl (C=O) groups excluding carboxylic acids is 1.